The first-order chi connectivity index (χ1) is 7.88. The Kier molecular flexibility index (Phi) is 2.24. The first kappa shape index (κ1) is 9.58. The molecule has 0 bridgehead atoms. The number of allylic oxidation sites excluding steroid dienone is 1. The molecule has 16 heavy (non-hydrogen) atoms. The van der Waals surface area contributed by atoms with E-state index in [0.29, 0.717) is 0 Å². The Labute approximate surface area is 95.9 Å². The van der Waals surface area contributed by atoms with Crippen LogP contribution in [0.5, 0.6) is 0 Å². The van der Waals surface area contributed by atoms with Crippen molar-refractivity contribution < 1.29 is 0 Å². The molecule has 0 saturated heterocycles. The SMILES string of the molecule is CNc1cccc2c1NCC(=C1CCC1)N2. The average molecular weight is 215 g/mol. The molecule has 3 heteroatoms. The van der Waals surface area contributed by atoms with Crippen molar-refractivity contribution in [3.8, 4) is 0 Å². The zero-order chi connectivity index (χ0) is 11.0. The van der Waals surface area contributed by atoms with Crippen LogP contribution in [0.25, 0.3) is 0 Å². The van der Waals surface area contributed by atoms with Crippen molar-refractivity contribution in [2.75, 3.05) is 29.5 Å². The van der Waals surface area contributed by atoms with Crippen LogP contribution in [0.4, 0.5) is 17.1 Å². The lowest BCUT2D eigenvalue weighted by Gasteiger charge is -2.29. The van der Waals surface area contributed by atoms with Crippen LogP contribution < -0.4 is 16.0 Å². The molecule has 3 nitrogen and oxygen atoms in total. The first-order valence-electron chi connectivity index (χ1n) is 5.91. The standard InChI is InChI=1S/C13H17N3/c1-14-10-6-3-7-11-13(10)15-8-12(16-11)9-4-2-5-9/h3,6-7,14-16H,2,4-5,8H2,1H3. The highest BCUT2D eigenvalue weighted by Gasteiger charge is 2.20. The van der Waals surface area contributed by atoms with E-state index in [4.69, 9.17) is 0 Å². The number of hydrogen-bond donors (Lipinski definition) is 3. The van der Waals surface area contributed by atoms with E-state index in [9.17, 15) is 0 Å². The number of anilines is 3. The number of benzene rings is 1. The van der Waals surface area contributed by atoms with Gasteiger partial charge in [0.05, 0.1) is 23.6 Å². The molecule has 1 aliphatic heterocycles. The van der Waals surface area contributed by atoms with Crippen LogP contribution in [0.15, 0.2) is 29.5 Å². The van der Waals surface area contributed by atoms with Crippen molar-refractivity contribution in [2.24, 2.45) is 0 Å². The number of nitrogens with one attached hydrogen (secondary N) is 3. The highest BCUT2D eigenvalue weighted by atomic mass is 15.1. The molecule has 0 atom stereocenters. The Morgan fingerprint density at radius 1 is 1.25 bits per heavy atom. The summed E-state index contributed by atoms with van der Waals surface area (Å²) in [7, 11) is 1.96. The number of para-hydroxylation sites is 1. The maximum Gasteiger partial charge on any atom is 0.0818 e. The van der Waals surface area contributed by atoms with Crippen molar-refractivity contribution in [3.05, 3.63) is 29.5 Å². The van der Waals surface area contributed by atoms with Gasteiger partial charge >= 0.3 is 0 Å². The van der Waals surface area contributed by atoms with Gasteiger partial charge in [-0.3, -0.25) is 0 Å². The lowest BCUT2D eigenvalue weighted by molar-refractivity contribution is 0.649. The maximum absolute atomic E-state index is 3.55. The van der Waals surface area contributed by atoms with E-state index in [0.717, 1.165) is 12.2 Å². The minimum atomic E-state index is 0.932. The van der Waals surface area contributed by atoms with E-state index in [2.05, 4.69) is 34.1 Å². The molecule has 0 unspecified atom stereocenters. The van der Waals surface area contributed by atoms with Gasteiger partial charge in [0.15, 0.2) is 0 Å². The van der Waals surface area contributed by atoms with Gasteiger partial charge in [-0.25, -0.2) is 0 Å². The van der Waals surface area contributed by atoms with Crippen LogP contribution in [-0.2, 0) is 0 Å². The van der Waals surface area contributed by atoms with Crippen molar-refractivity contribution in [3.63, 3.8) is 0 Å². The quantitative estimate of drug-likeness (QED) is 0.674. The molecular formula is C13H17N3. The van der Waals surface area contributed by atoms with Crippen molar-refractivity contribution in [1.29, 1.82) is 0 Å². The summed E-state index contributed by atoms with van der Waals surface area (Å²) in [4.78, 5) is 0. The molecular weight excluding hydrogens is 198 g/mol. The molecule has 0 amide bonds. The smallest absolute Gasteiger partial charge is 0.0818 e. The van der Waals surface area contributed by atoms with Gasteiger partial charge in [-0.15, -0.1) is 0 Å². The number of rotatable bonds is 1. The van der Waals surface area contributed by atoms with Crippen molar-refractivity contribution in [2.45, 2.75) is 19.3 Å². The summed E-state index contributed by atoms with van der Waals surface area (Å²) >= 11 is 0. The minimum Gasteiger partial charge on any atom is -0.386 e. The van der Waals surface area contributed by atoms with Crippen LogP contribution in [0.3, 0.4) is 0 Å². The second-order valence-electron chi connectivity index (χ2n) is 4.39. The number of fused-ring (bicyclic) bond motifs is 1. The van der Waals surface area contributed by atoms with Gasteiger partial charge in [0.25, 0.3) is 0 Å². The van der Waals surface area contributed by atoms with Gasteiger partial charge in [-0.1, -0.05) is 6.07 Å². The van der Waals surface area contributed by atoms with Gasteiger partial charge in [-0.05, 0) is 37.0 Å². The zero-order valence-corrected chi connectivity index (χ0v) is 9.56. The van der Waals surface area contributed by atoms with Crippen LogP contribution in [0, 0.1) is 0 Å². The minimum absolute atomic E-state index is 0.932. The van der Waals surface area contributed by atoms with Gasteiger partial charge in [0.2, 0.25) is 0 Å². The van der Waals surface area contributed by atoms with Crippen molar-refractivity contribution >= 4 is 17.1 Å². The fourth-order valence-corrected chi connectivity index (χ4v) is 2.31. The topological polar surface area (TPSA) is 36.1 Å². The molecule has 84 valence electrons. The molecule has 1 fully saturated rings. The maximum atomic E-state index is 3.55. The summed E-state index contributed by atoms with van der Waals surface area (Å²) in [5.41, 5.74) is 6.50. The lowest BCUT2D eigenvalue weighted by Crippen LogP contribution is -2.23. The van der Waals surface area contributed by atoms with Crippen LogP contribution in [0.2, 0.25) is 0 Å². The van der Waals surface area contributed by atoms with E-state index in [1.54, 1.807) is 5.57 Å². The largest absolute Gasteiger partial charge is 0.386 e. The van der Waals surface area contributed by atoms with Gasteiger partial charge in [-0.2, -0.15) is 0 Å². The molecule has 0 spiro atoms. The Balaban J connectivity index is 1.95. The van der Waals surface area contributed by atoms with Gasteiger partial charge < -0.3 is 16.0 Å². The molecule has 1 aromatic rings. The average Bonchev–Trinajstić information content (AvgIpc) is 2.25. The van der Waals surface area contributed by atoms with E-state index in [1.807, 2.05) is 7.05 Å². The molecule has 1 saturated carbocycles. The predicted molar refractivity (Wildman–Crippen MR) is 69.0 cm³/mol. The molecule has 1 aliphatic carbocycles. The first-order valence-corrected chi connectivity index (χ1v) is 5.91. The summed E-state index contributed by atoms with van der Waals surface area (Å²) in [5.74, 6) is 0. The monoisotopic (exact) mass is 215 g/mol. The third kappa shape index (κ3) is 1.43. The Hall–Kier alpha value is -1.64. The third-order valence-corrected chi connectivity index (χ3v) is 3.45. The molecule has 2 aliphatic rings. The summed E-state index contributed by atoms with van der Waals surface area (Å²) in [6.45, 7) is 0.932. The third-order valence-electron chi connectivity index (χ3n) is 3.45. The van der Waals surface area contributed by atoms with E-state index in [1.165, 1.54) is 36.3 Å². The summed E-state index contributed by atoms with van der Waals surface area (Å²) in [6.07, 6.45) is 3.89. The summed E-state index contributed by atoms with van der Waals surface area (Å²) in [5, 5.41) is 10.3. The zero-order valence-electron chi connectivity index (χ0n) is 9.56. The summed E-state index contributed by atoms with van der Waals surface area (Å²) < 4.78 is 0. The van der Waals surface area contributed by atoms with E-state index < -0.39 is 0 Å². The normalized spacial score (nSPS) is 18.1. The molecule has 3 N–H and O–H groups in total. The molecule has 1 aromatic carbocycles. The van der Waals surface area contributed by atoms with Gasteiger partial charge in [0, 0.05) is 12.7 Å². The molecule has 0 radical (unpaired) electrons. The fourth-order valence-electron chi connectivity index (χ4n) is 2.31. The Bertz CT molecular complexity index is 442. The van der Waals surface area contributed by atoms with Crippen LogP contribution >= 0.6 is 0 Å². The highest BCUT2D eigenvalue weighted by Crippen LogP contribution is 2.37. The lowest BCUT2D eigenvalue weighted by atomic mass is 9.90. The summed E-state index contributed by atoms with van der Waals surface area (Å²) in [6, 6.07) is 6.30. The van der Waals surface area contributed by atoms with Crippen molar-refractivity contribution in [1.82, 2.24) is 0 Å². The predicted octanol–water partition coefficient (Wildman–Crippen LogP) is 3.00. The van der Waals surface area contributed by atoms with E-state index >= 15 is 0 Å². The second-order valence-corrected chi connectivity index (χ2v) is 4.39. The van der Waals surface area contributed by atoms with Crippen LogP contribution in [0.1, 0.15) is 19.3 Å². The van der Waals surface area contributed by atoms with Gasteiger partial charge in [0.1, 0.15) is 0 Å². The number of hydrogen-bond acceptors (Lipinski definition) is 3. The Morgan fingerprint density at radius 3 is 2.81 bits per heavy atom. The van der Waals surface area contributed by atoms with E-state index in [-0.39, 0.29) is 0 Å². The molecule has 0 aromatic heterocycles. The fraction of sp³-hybridized carbons (Fsp3) is 0.385. The van der Waals surface area contributed by atoms with Crippen LogP contribution in [-0.4, -0.2) is 13.6 Å². The highest BCUT2D eigenvalue weighted by molar-refractivity contribution is 5.85. The Morgan fingerprint density at radius 2 is 2.12 bits per heavy atom. The molecule has 1 heterocycles. The molecule has 3 rings (SSSR count). The second kappa shape index (κ2) is 3.74.